The van der Waals surface area contributed by atoms with Crippen molar-refractivity contribution in [3.8, 4) is 6.07 Å². The fourth-order valence-electron chi connectivity index (χ4n) is 6.00. The molecule has 0 radical (unpaired) electrons. The molecule has 1 N–H and O–H groups in total. The number of ether oxygens (including phenoxy) is 1. The number of rotatable bonds is 8. The summed E-state index contributed by atoms with van der Waals surface area (Å²) in [7, 11) is 0. The van der Waals surface area contributed by atoms with Crippen LogP contribution in [0.2, 0.25) is 0 Å². The summed E-state index contributed by atoms with van der Waals surface area (Å²) < 4.78 is 9.19. The molecule has 2 atom stereocenters. The van der Waals surface area contributed by atoms with Crippen molar-refractivity contribution in [3.63, 3.8) is 0 Å². The van der Waals surface area contributed by atoms with E-state index >= 15 is 0 Å². The van der Waals surface area contributed by atoms with E-state index in [0.717, 1.165) is 41.8 Å². The number of imidazole rings is 1. The normalized spacial score (nSPS) is 16.4. The quantitative estimate of drug-likeness (QED) is 0.242. The number of hydrogen-bond donors (Lipinski definition) is 1. The van der Waals surface area contributed by atoms with E-state index < -0.39 is 6.09 Å². The third-order valence-electron chi connectivity index (χ3n) is 8.14. The maximum absolute atomic E-state index is 14.0. The van der Waals surface area contributed by atoms with Crippen molar-refractivity contribution in [1.82, 2.24) is 19.4 Å². The Morgan fingerprint density at radius 1 is 0.930 bits per heavy atom. The number of hydrogen-bond acceptors (Lipinski definition) is 5. The Kier molecular flexibility index (Phi) is 8.32. The fourth-order valence-corrected chi connectivity index (χ4v) is 6.00. The molecule has 2 aromatic heterocycles. The zero-order valence-electron chi connectivity index (χ0n) is 23.9. The van der Waals surface area contributed by atoms with Crippen LogP contribution >= 0.6 is 0 Å². The smallest absolute Gasteiger partial charge is 0.407 e. The Morgan fingerprint density at radius 2 is 1.65 bits per heavy atom. The third-order valence-corrected chi connectivity index (χ3v) is 8.14. The number of pyridine rings is 1. The number of carbonyl (C=O) groups is 1. The van der Waals surface area contributed by atoms with E-state index in [9.17, 15) is 14.9 Å². The van der Waals surface area contributed by atoms with E-state index in [4.69, 9.17) is 9.72 Å². The SMILES string of the molecule is N#Cc1ccccc1Cn1c(C2CCCC(NC(=O)OCc3ccccc3)C2)nc2ccn(Cc3ccccc3)c(=O)c21. The van der Waals surface area contributed by atoms with Gasteiger partial charge in [-0.3, -0.25) is 4.79 Å². The highest BCUT2D eigenvalue weighted by molar-refractivity contribution is 5.75. The van der Waals surface area contributed by atoms with Gasteiger partial charge in [0, 0.05) is 18.2 Å². The molecule has 1 aliphatic carbocycles. The van der Waals surface area contributed by atoms with Crippen LogP contribution in [0.1, 0.15) is 59.7 Å². The molecule has 0 saturated heterocycles. The minimum Gasteiger partial charge on any atom is -0.445 e. The fraction of sp³-hybridized carbons (Fsp3) is 0.257. The second-order valence-corrected chi connectivity index (χ2v) is 11.1. The highest BCUT2D eigenvalue weighted by atomic mass is 16.5. The Balaban J connectivity index is 1.30. The van der Waals surface area contributed by atoms with Gasteiger partial charge in [-0.05, 0) is 48.1 Å². The largest absolute Gasteiger partial charge is 0.445 e. The number of carbonyl (C=O) groups excluding carboxylic acids is 1. The molecule has 1 saturated carbocycles. The van der Waals surface area contributed by atoms with Gasteiger partial charge in [0.2, 0.25) is 0 Å². The summed E-state index contributed by atoms with van der Waals surface area (Å²) in [5.74, 6) is 0.832. The van der Waals surface area contributed by atoms with Crippen LogP contribution < -0.4 is 10.9 Å². The van der Waals surface area contributed by atoms with Gasteiger partial charge in [0.05, 0.1) is 30.2 Å². The van der Waals surface area contributed by atoms with Crippen LogP contribution in [0.3, 0.4) is 0 Å². The molecule has 1 amide bonds. The number of alkyl carbamates (subject to hydrolysis) is 1. The highest BCUT2D eigenvalue weighted by Crippen LogP contribution is 2.34. The first-order valence-corrected chi connectivity index (χ1v) is 14.7. The monoisotopic (exact) mass is 571 g/mol. The summed E-state index contributed by atoms with van der Waals surface area (Å²) in [6.07, 6.45) is 4.69. The lowest BCUT2D eigenvalue weighted by atomic mass is 9.85. The van der Waals surface area contributed by atoms with E-state index in [1.165, 1.54) is 0 Å². The second-order valence-electron chi connectivity index (χ2n) is 11.1. The molecule has 2 heterocycles. The zero-order chi connectivity index (χ0) is 29.6. The number of fused-ring (bicyclic) bond motifs is 1. The molecule has 0 aliphatic heterocycles. The van der Waals surface area contributed by atoms with Crippen LogP contribution in [0.4, 0.5) is 4.79 Å². The maximum Gasteiger partial charge on any atom is 0.407 e. The lowest BCUT2D eigenvalue weighted by molar-refractivity contribution is 0.132. The van der Waals surface area contributed by atoms with Crippen LogP contribution in [0.15, 0.2) is 102 Å². The lowest BCUT2D eigenvalue weighted by Crippen LogP contribution is -2.38. The Labute approximate surface area is 250 Å². The molecule has 1 aliphatic rings. The zero-order valence-corrected chi connectivity index (χ0v) is 23.9. The van der Waals surface area contributed by atoms with Gasteiger partial charge in [-0.1, -0.05) is 85.3 Å². The topological polar surface area (TPSA) is 102 Å². The van der Waals surface area contributed by atoms with Gasteiger partial charge in [0.25, 0.3) is 5.56 Å². The van der Waals surface area contributed by atoms with Gasteiger partial charge in [-0.15, -0.1) is 0 Å². The van der Waals surface area contributed by atoms with Gasteiger partial charge in [-0.2, -0.15) is 5.26 Å². The van der Waals surface area contributed by atoms with Gasteiger partial charge >= 0.3 is 6.09 Å². The summed E-state index contributed by atoms with van der Waals surface area (Å²) >= 11 is 0. The summed E-state index contributed by atoms with van der Waals surface area (Å²) in [4.78, 5) is 31.6. The summed E-state index contributed by atoms with van der Waals surface area (Å²) in [5, 5.41) is 12.8. The number of benzene rings is 3. The molecule has 8 heteroatoms. The number of amides is 1. The number of nitrogens with one attached hydrogen (secondary N) is 1. The average Bonchev–Trinajstić information content (AvgIpc) is 3.41. The Morgan fingerprint density at radius 3 is 2.42 bits per heavy atom. The molecule has 5 aromatic rings. The van der Waals surface area contributed by atoms with Crippen molar-refractivity contribution >= 4 is 17.1 Å². The van der Waals surface area contributed by atoms with Gasteiger partial charge in [-0.25, -0.2) is 9.78 Å². The molecule has 43 heavy (non-hydrogen) atoms. The van der Waals surface area contributed by atoms with Crippen molar-refractivity contribution in [2.24, 2.45) is 0 Å². The summed E-state index contributed by atoms with van der Waals surface area (Å²) in [6.45, 7) is 1.02. The van der Waals surface area contributed by atoms with Gasteiger partial charge in [0.1, 0.15) is 17.9 Å². The Bertz CT molecular complexity index is 1820. The molecule has 1 fully saturated rings. The molecule has 216 valence electrons. The van der Waals surface area contributed by atoms with Crippen molar-refractivity contribution < 1.29 is 9.53 Å². The van der Waals surface area contributed by atoms with Crippen molar-refractivity contribution in [2.45, 2.75) is 57.3 Å². The molecular weight excluding hydrogens is 538 g/mol. The molecule has 0 bridgehead atoms. The predicted molar refractivity (Wildman–Crippen MR) is 165 cm³/mol. The number of aromatic nitrogens is 3. The average molecular weight is 572 g/mol. The minimum atomic E-state index is -0.435. The van der Waals surface area contributed by atoms with Crippen LogP contribution in [0.25, 0.3) is 11.0 Å². The number of nitrogens with zero attached hydrogens (tertiary/aromatic N) is 4. The summed E-state index contributed by atoms with van der Waals surface area (Å²) in [6, 6.07) is 31.1. The van der Waals surface area contributed by atoms with E-state index in [1.807, 2.05) is 89.5 Å². The second kappa shape index (κ2) is 12.8. The molecule has 2 unspecified atom stereocenters. The highest BCUT2D eigenvalue weighted by Gasteiger charge is 2.30. The Hall–Kier alpha value is -5.16. The molecule has 6 rings (SSSR count). The minimum absolute atomic E-state index is 0.0248. The van der Waals surface area contributed by atoms with Crippen molar-refractivity contribution in [1.29, 1.82) is 5.26 Å². The lowest BCUT2D eigenvalue weighted by Gasteiger charge is -2.29. The predicted octanol–water partition coefficient (Wildman–Crippen LogP) is 6.12. The van der Waals surface area contributed by atoms with Gasteiger partial charge in [0.15, 0.2) is 0 Å². The van der Waals surface area contributed by atoms with Crippen molar-refractivity contribution in [2.75, 3.05) is 0 Å². The van der Waals surface area contributed by atoms with E-state index in [2.05, 4.69) is 11.4 Å². The first-order chi connectivity index (χ1) is 21.1. The standard InChI is InChI=1S/C35H33N5O3/c36-21-28-14-7-8-15-29(28)23-40-32-31(18-19-39(34(32)41)22-25-10-3-1-4-11-25)38-33(40)27-16-9-17-30(20-27)37-35(42)43-24-26-12-5-2-6-13-26/h1-8,10-15,18-19,27,30H,9,16-17,20,22-24H2,(H,37,42). The van der Waals surface area contributed by atoms with Crippen LogP contribution in [-0.4, -0.2) is 26.3 Å². The van der Waals surface area contributed by atoms with Gasteiger partial charge < -0.3 is 19.2 Å². The van der Waals surface area contributed by atoms with E-state index in [-0.39, 0.29) is 24.1 Å². The van der Waals surface area contributed by atoms with Crippen LogP contribution in [0.5, 0.6) is 0 Å². The third kappa shape index (κ3) is 6.36. The van der Waals surface area contributed by atoms with E-state index in [1.54, 1.807) is 16.8 Å². The molecular formula is C35H33N5O3. The molecule has 0 spiro atoms. The maximum atomic E-state index is 14.0. The molecule has 3 aromatic carbocycles. The summed E-state index contributed by atoms with van der Waals surface area (Å²) in [5.41, 5.74) is 4.41. The van der Waals surface area contributed by atoms with Crippen molar-refractivity contribution in [3.05, 3.63) is 136 Å². The van der Waals surface area contributed by atoms with Crippen LogP contribution in [-0.2, 0) is 24.4 Å². The first-order valence-electron chi connectivity index (χ1n) is 14.7. The van der Waals surface area contributed by atoms with E-state index in [0.29, 0.717) is 36.1 Å². The molecule has 8 nitrogen and oxygen atoms in total. The number of nitriles is 1. The first kappa shape index (κ1) is 28.0. The van der Waals surface area contributed by atoms with Crippen LogP contribution in [0, 0.1) is 11.3 Å².